The Balaban J connectivity index is 1.63. The van der Waals surface area contributed by atoms with Gasteiger partial charge < -0.3 is 5.32 Å². The lowest BCUT2D eigenvalue weighted by Gasteiger charge is -2.14. The number of carbonyl (C=O) groups excluding carboxylic acids is 3. The molecule has 0 saturated carbocycles. The summed E-state index contributed by atoms with van der Waals surface area (Å²) >= 11 is 2.21. The van der Waals surface area contributed by atoms with Gasteiger partial charge in [-0.05, 0) is 35.4 Å². The van der Waals surface area contributed by atoms with Crippen LogP contribution in [0.5, 0.6) is 0 Å². The first-order valence-electron chi connectivity index (χ1n) is 6.83. The van der Waals surface area contributed by atoms with Crippen LogP contribution >= 0.6 is 23.1 Å². The van der Waals surface area contributed by atoms with Crippen LogP contribution in [0.15, 0.2) is 33.9 Å². The molecule has 1 fully saturated rings. The summed E-state index contributed by atoms with van der Waals surface area (Å²) < 4.78 is 22.6. The largest absolute Gasteiger partial charge is 0.347 e. The Hall–Kier alpha value is -1.91. The highest BCUT2D eigenvalue weighted by molar-refractivity contribution is 8.18. The second-order valence-corrected chi connectivity index (χ2v) is 9.02. The fourth-order valence-corrected chi connectivity index (χ4v) is 5.00. The van der Waals surface area contributed by atoms with Crippen LogP contribution in [0.4, 0.5) is 4.79 Å². The quantitative estimate of drug-likeness (QED) is 0.783. The molecule has 24 heavy (non-hydrogen) atoms. The maximum absolute atomic E-state index is 12.2. The van der Waals surface area contributed by atoms with Crippen LogP contribution < -0.4 is 5.32 Å². The summed E-state index contributed by atoms with van der Waals surface area (Å²) in [5.41, 5.74) is 0. The summed E-state index contributed by atoms with van der Waals surface area (Å²) in [5.74, 6) is -1.32. The minimum Gasteiger partial charge on any atom is -0.347 e. The molecule has 2 aliphatic heterocycles. The van der Waals surface area contributed by atoms with Gasteiger partial charge >= 0.3 is 0 Å². The predicted molar refractivity (Wildman–Crippen MR) is 91.9 cm³/mol. The van der Waals surface area contributed by atoms with Crippen molar-refractivity contribution < 1.29 is 22.8 Å². The van der Waals surface area contributed by atoms with E-state index in [-0.39, 0.29) is 10.7 Å². The highest BCUT2D eigenvalue weighted by Gasteiger charge is 2.36. The van der Waals surface area contributed by atoms with Crippen LogP contribution in [-0.4, -0.2) is 48.7 Å². The third-order valence-electron chi connectivity index (χ3n) is 3.27. The summed E-state index contributed by atoms with van der Waals surface area (Å²) in [5, 5.41) is 4.86. The normalized spacial score (nSPS) is 24.1. The first-order valence-corrected chi connectivity index (χ1v) is 10.2. The predicted octanol–water partition coefficient (Wildman–Crippen LogP) is 1.21. The maximum Gasteiger partial charge on any atom is 0.294 e. The monoisotopic (exact) mass is 384 g/mol. The fraction of sp³-hybridized carbons (Fsp3) is 0.214. The van der Waals surface area contributed by atoms with Crippen molar-refractivity contribution in [3.63, 3.8) is 0 Å². The molecule has 1 aromatic heterocycles. The smallest absolute Gasteiger partial charge is 0.294 e. The molecule has 7 nitrogen and oxygen atoms in total. The van der Waals surface area contributed by atoms with Gasteiger partial charge in [-0.25, -0.2) is 8.42 Å². The summed E-state index contributed by atoms with van der Waals surface area (Å²) in [6.45, 7) is -0.434. The second kappa shape index (κ2) is 6.54. The van der Waals surface area contributed by atoms with Gasteiger partial charge in [0.15, 0.2) is 9.84 Å². The van der Waals surface area contributed by atoms with Gasteiger partial charge in [-0.3, -0.25) is 19.3 Å². The topological polar surface area (TPSA) is 101 Å². The Morgan fingerprint density at radius 2 is 2.21 bits per heavy atom. The molecular weight excluding hydrogens is 372 g/mol. The molecule has 1 aromatic rings. The minimum absolute atomic E-state index is 0.209. The zero-order valence-corrected chi connectivity index (χ0v) is 14.6. The standard InChI is InChI=1S/C14H12N2O5S3/c17-12(15-9-3-5-24(20,21)8-9)7-16-13(18)11(23-14(16)19)6-10-2-1-4-22-10/h1-6,9H,7-8H2,(H,15,17)/b11-6-/t9-/m1/s1. The van der Waals surface area contributed by atoms with Gasteiger partial charge in [0.1, 0.15) is 6.54 Å². The lowest BCUT2D eigenvalue weighted by molar-refractivity contribution is -0.129. The molecule has 1 N–H and O–H groups in total. The van der Waals surface area contributed by atoms with Crippen LogP contribution in [0.3, 0.4) is 0 Å². The molecule has 0 bridgehead atoms. The van der Waals surface area contributed by atoms with E-state index in [2.05, 4.69) is 5.32 Å². The molecule has 3 amide bonds. The molecule has 0 spiro atoms. The van der Waals surface area contributed by atoms with Gasteiger partial charge in [-0.1, -0.05) is 6.07 Å². The average Bonchev–Trinajstić information content (AvgIpc) is 3.17. The number of carbonyl (C=O) groups is 3. The first kappa shape index (κ1) is 16.9. The van der Waals surface area contributed by atoms with E-state index in [4.69, 9.17) is 0 Å². The van der Waals surface area contributed by atoms with Crippen LogP contribution in [0.2, 0.25) is 0 Å². The van der Waals surface area contributed by atoms with Crippen molar-refractivity contribution in [2.45, 2.75) is 6.04 Å². The third kappa shape index (κ3) is 3.77. The number of thioether (sulfide) groups is 1. The number of amides is 3. The van der Waals surface area contributed by atoms with Gasteiger partial charge in [-0.2, -0.15) is 0 Å². The number of imide groups is 1. The molecular formula is C14H12N2O5S3. The summed E-state index contributed by atoms with van der Waals surface area (Å²) in [7, 11) is -3.28. The molecule has 1 saturated heterocycles. The number of rotatable bonds is 4. The van der Waals surface area contributed by atoms with Crippen LogP contribution in [0.1, 0.15) is 4.88 Å². The number of nitrogens with one attached hydrogen (secondary N) is 1. The number of nitrogens with zero attached hydrogens (tertiary/aromatic N) is 1. The molecule has 0 radical (unpaired) electrons. The van der Waals surface area contributed by atoms with Crippen molar-refractivity contribution in [2.24, 2.45) is 0 Å². The molecule has 126 valence electrons. The van der Waals surface area contributed by atoms with E-state index in [1.54, 1.807) is 6.08 Å². The van der Waals surface area contributed by atoms with Crippen LogP contribution in [0.25, 0.3) is 6.08 Å². The van der Waals surface area contributed by atoms with Gasteiger partial charge in [0.05, 0.1) is 16.7 Å². The van der Waals surface area contributed by atoms with E-state index in [0.29, 0.717) is 0 Å². The highest BCUT2D eigenvalue weighted by Crippen LogP contribution is 2.32. The van der Waals surface area contributed by atoms with Crippen LogP contribution in [-0.2, 0) is 19.4 Å². The molecule has 0 aromatic carbocycles. The van der Waals surface area contributed by atoms with Crippen molar-refractivity contribution in [1.82, 2.24) is 10.2 Å². The van der Waals surface area contributed by atoms with Crippen LogP contribution in [0, 0.1) is 0 Å². The molecule has 10 heteroatoms. The average molecular weight is 384 g/mol. The Labute approximate surface area is 146 Å². The number of hydrogen-bond acceptors (Lipinski definition) is 7. The van der Waals surface area contributed by atoms with Crippen molar-refractivity contribution >= 4 is 56.1 Å². The Morgan fingerprint density at radius 1 is 1.42 bits per heavy atom. The highest BCUT2D eigenvalue weighted by atomic mass is 32.2. The van der Waals surface area contributed by atoms with E-state index in [9.17, 15) is 22.8 Å². The molecule has 0 unspecified atom stereocenters. The van der Waals surface area contributed by atoms with Gasteiger partial charge in [0.25, 0.3) is 11.1 Å². The Bertz CT molecular complexity index is 855. The SMILES string of the molecule is O=C(CN1C(=O)S/C(=C\c2cccs2)C1=O)N[C@@H]1C=CS(=O)(=O)C1. The Kier molecular flexibility index (Phi) is 4.61. The minimum atomic E-state index is -3.28. The van der Waals surface area contributed by atoms with Gasteiger partial charge in [-0.15, -0.1) is 11.3 Å². The van der Waals surface area contributed by atoms with E-state index in [1.807, 2.05) is 17.5 Å². The lowest BCUT2D eigenvalue weighted by Crippen LogP contribution is -2.43. The van der Waals surface area contributed by atoms with E-state index in [1.165, 1.54) is 17.4 Å². The fourth-order valence-electron chi connectivity index (χ4n) is 2.20. The van der Waals surface area contributed by atoms with E-state index >= 15 is 0 Å². The molecule has 3 rings (SSSR count). The van der Waals surface area contributed by atoms with Crippen molar-refractivity contribution in [3.05, 3.63) is 38.8 Å². The number of thiophene rings is 1. The van der Waals surface area contributed by atoms with Crippen molar-refractivity contribution in [1.29, 1.82) is 0 Å². The number of hydrogen-bond donors (Lipinski definition) is 1. The zero-order valence-electron chi connectivity index (χ0n) is 12.2. The molecule has 1 atom stereocenters. The summed E-state index contributed by atoms with van der Waals surface area (Å²) in [4.78, 5) is 38.1. The second-order valence-electron chi connectivity index (χ2n) is 5.12. The third-order valence-corrected chi connectivity index (χ3v) is 6.39. The van der Waals surface area contributed by atoms with Crippen molar-refractivity contribution in [2.75, 3.05) is 12.3 Å². The number of sulfone groups is 1. The Morgan fingerprint density at radius 3 is 2.83 bits per heavy atom. The van der Waals surface area contributed by atoms with Gasteiger partial charge in [0, 0.05) is 10.3 Å². The van der Waals surface area contributed by atoms with Gasteiger partial charge in [0.2, 0.25) is 5.91 Å². The lowest BCUT2D eigenvalue weighted by atomic mass is 10.3. The van der Waals surface area contributed by atoms with Crippen molar-refractivity contribution in [3.8, 4) is 0 Å². The first-order chi connectivity index (χ1) is 11.3. The zero-order chi connectivity index (χ0) is 17.3. The van der Waals surface area contributed by atoms with E-state index in [0.717, 1.165) is 26.9 Å². The summed E-state index contributed by atoms with van der Waals surface area (Å²) in [6.07, 6.45) is 2.98. The molecule has 2 aliphatic rings. The molecule has 3 heterocycles. The van der Waals surface area contributed by atoms with E-state index < -0.39 is 39.5 Å². The molecule has 0 aliphatic carbocycles. The maximum atomic E-state index is 12.2. The summed E-state index contributed by atoms with van der Waals surface area (Å²) in [6, 6.07) is 3.01.